The van der Waals surface area contributed by atoms with Gasteiger partial charge in [-0.3, -0.25) is 4.79 Å². The minimum Gasteiger partial charge on any atom is -0.378 e. The van der Waals surface area contributed by atoms with Gasteiger partial charge < -0.3 is 19.7 Å². The van der Waals surface area contributed by atoms with Crippen molar-refractivity contribution >= 4 is 38.9 Å². The van der Waals surface area contributed by atoms with Gasteiger partial charge in [-0.15, -0.1) is 0 Å². The molecule has 0 aliphatic carbocycles. The molecule has 1 unspecified atom stereocenters. The van der Waals surface area contributed by atoms with E-state index in [2.05, 4.69) is 10.0 Å². The van der Waals surface area contributed by atoms with Gasteiger partial charge >= 0.3 is 0 Å². The lowest BCUT2D eigenvalue weighted by Gasteiger charge is -2.29. The van der Waals surface area contributed by atoms with Crippen LogP contribution in [-0.4, -0.2) is 59.9 Å². The Morgan fingerprint density at radius 3 is 2.64 bits per heavy atom. The summed E-state index contributed by atoms with van der Waals surface area (Å²) >= 11 is 6.11. The van der Waals surface area contributed by atoms with Crippen LogP contribution in [0, 0.1) is 5.82 Å². The van der Waals surface area contributed by atoms with Crippen LogP contribution in [0.4, 0.5) is 15.8 Å². The van der Waals surface area contributed by atoms with Gasteiger partial charge in [0.15, 0.2) is 0 Å². The molecule has 2 aromatic rings. The van der Waals surface area contributed by atoms with Crippen molar-refractivity contribution in [2.75, 3.05) is 49.7 Å². The van der Waals surface area contributed by atoms with Crippen LogP contribution < -0.4 is 14.9 Å². The maximum Gasteiger partial charge on any atom is 0.255 e. The summed E-state index contributed by atoms with van der Waals surface area (Å²) < 4.78 is 53.3. The van der Waals surface area contributed by atoms with Crippen LogP contribution in [0.15, 0.2) is 41.3 Å². The molecule has 1 atom stereocenters. The van der Waals surface area contributed by atoms with Gasteiger partial charge in [0.1, 0.15) is 10.7 Å². The van der Waals surface area contributed by atoms with E-state index in [4.69, 9.17) is 21.1 Å². The van der Waals surface area contributed by atoms with E-state index < -0.39 is 21.7 Å². The highest BCUT2D eigenvalue weighted by atomic mass is 35.5. The molecule has 2 aromatic carbocycles. The van der Waals surface area contributed by atoms with Gasteiger partial charge in [0.2, 0.25) is 10.0 Å². The van der Waals surface area contributed by atoms with Gasteiger partial charge in [0.25, 0.3) is 5.91 Å². The number of sulfonamides is 1. The summed E-state index contributed by atoms with van der Waals surface area (Å²) in [5.41, 5.74) is 0.772. The van der Waals surface area contributed by atoms with E-state index in [9.17, 15) is 17.6 Å². The lowest BCUT2D eigenvalue weighted by atomic mass is 10.2. The summed E-state index contributed by atoms with van der Waals surface area (Å²) in [4.78, 5) is 14.4. The van der Waals surface area contributed by atoms with E-state index in [-0.39, 0.29) is 33.8 Å². The van der Waals surface area contributed by atoms with Crippen molar-refractivity contribution in [3.05, 3.63) is 52.8 Å². The number of ether oxygens (including phenoxy) is 2. The second-order valence-electron chi connectivity index (χ2n) is 7.85. The Kier molecular flexibility index (Phi) is 7.50. The Morgan fingerprint density at radius 1 is 1.15 bits per heavy atom. The predicted octanol–water partition coefficient (Wildman–Crippen LogP) is 3.03. The van der Waals surface area contributed by atoms with Gasteiger partial charge in [-0.05, 0) is 49.2 Å². The quantitative estimate of drug-likeness (QED) is 0.610. The molecule has 178 valence electrons. The first-order valence-electron chi connectivity index (χ1n) is 10.7. The fourth-order valence-electron chi connectivity index (χ4n) is 3.78. The first-order chi connectivity index (χ1) is 15.8. The molecule has 0 bridgehead atoms. The molecule has 0 radical (unpaired) electrons. The van der Waals surface area contributed by atoms with Gasteiger partial charge in [0.05, 0.1) is 30.0 Å². The van der Waals surface area contributed by atoms with Gasteiger partial charge in [-0.25, -0.2) is 17.5 Å². The Labute approximate surface area is 197 Å². The van der Waals surface area contributed by atoms with E-state index >= 15 is 0 Å². The van der Waals surface area contributed by atoms with Crippen molar-refractivity contribution in [1.29, 1.82) is 0 Å². The SMILES string of the molecule is O=C(Nc1ccc(N2CCOCC2)c(F)c1)c1ccc(Cl)c(S(=O)(=O)NCC2CCCO2)c1. The van der Waals surface area contributed by atoms with Crippen molar-refractivity contribution in [2.45, 2.75) is 23.8 Å². The van der Waals surface area contributed by atoms with Crippen LogP contribution in [0.5, 0.6) is 0 Å². The Bertz CT molecular complexity index is 1120. The zero-order valence-electron chi connectivity index (χ0n) is 17.9. The number of amides is 1. The fourth-order valence-corrected chi connectivity index (χ4v) is 5.37. The van der Waals surface area contributed by atoms with Crippen molar-refractivity contribution in [2.24, 2.45) is 0 Å². The molecule has 2 aliphatic rings. The molecule has 2 N–H and O–H groups in total. The number of hydrogen-bond donors (Lipinski definition) is 2. The zero-order valence-corrected chi connectivity index (χ0v) is 19.4. The average molecular weight is 498 g/mol. The molecule has 8 nitrogen and oxygen atoms in total. The van der Waals surface area contributed by atoms with Crippen molar-refractivity contribution < 1.29 is 27.1 Å². The van der Waals surface area contributed by atoms with Crippen molar-refractivity contribution in [3.8, 4) is 0 Å². The Morgan fingerprint density at radius 2 is 1.94 bits per heavy atom. The van der Waals surface area contributed by atoms with E-state index in [1.807, 2.05) is 4.90 Å². The summed E-state index contributed by atoms with van der Waals surface area (Å²) in [5, 5.41) is 2.60. The minimum atomic E-state index is -3.95. The summed E-state index contributed by atoms with van der Waals surface area (Å²) in [7, 11) is -3.95. The summed E-state index contributed by atoms with van der Waals surface area (Å²) in [6.45, 7) is 2.97. The maximum atomic E-state index is 14.6. The number of anilines is 2. The second-order valence-corrected chi connectivity index (χ2v) is 9.99. The topological polar surface area (TPSA) is 97.0 Å². The molecular weight excluding hydrogens is 473 g/mol. The van der Waals surface area contributed by atoms with Crippen LogP contribution >= 0.6 is 11.6 Å². The van der Waals surface area contributed by atoms with Crippen LogP contribution in [0.1, 0.15) is 23.2 Å². The molecular formula is C22H25ClFN3O5S. The number of halogens is 2. The van der Waals surface area contributed by atoms with Gasteiger partial charge in [0, 0.05) is 37.5 Å². The predicted molar refractivity (Wildman–Crippen MR) is 123 cm³/mol. The van der Waals surface area contributed by atoms with Gasteiger partial charge in [-0.1, -0.05) is 11.6 Å². The number of benzene rings is 2. The van der Waals surface area contributed by atoms with E-state index in [0.29, 0.717) is 38.6 Å². The first kappa shape index (κ1) is 23.9. The number of morpholine rings is 1. The van der Waals surface area contributed by atoms with Crippen LogP contribution in [0.25, 0.3) is 0 Å². The first-order valence-corrected chi connectivity index (χ1v) is 12.5. The number of carbonyl (C=O) groups excluding carboxylic acids is 1. The minimum absolute atomic E-state index is 0.00713. The van der Waals surface area contributed by atoms with Crippen LogP contribution in [0.3, 0.4) is 0 Å². The van der Waals surface area contributed by atoms with E-state index in [0.717, 1.165) is 12.8 Å². The standard InChI is InChI=1S/C22H25ClFN3O5S/c23-18-5-3-15(12-21(18)33(29,30)25-14-17-2-1-9-32-17)22(28)26-16-4-6-20(19(24)13-16)27-7-10-31-11-8-27/h3-6,12-13,17,25H,1-2,7-11,14H2,(H,26,28). The number of rotatable bonds is 7. The molecule has 1 amide bonds. The van der Waals surface area contributed by atoms with Crippen molar-refractivity contribution in [1.82, 2.24) is 4.72 Å². The molecule has 2 heterocycles. The molecule has 33 heavy (non-hydrogen) atoms. The van der Waals surface area contributed by atoms with Crippen LogP contribution in [-0.2, 0) is 19.5 Å². The average Bonchev–Trinajstić information content (AvgIpc) is 3.32. The molecule has 2 saturated heterocycles. The smallest absolute Gasteiger partial charge is 0.255 e. The molecule has 0 saturated carbocycles. The lowest BCUT2D eigenvalue weighted by molar-refractivity contribution is 0.102. The molecule has 4 rings (SSSR count). The molecule has 11 heteroatoms. The maximum absolute atomic E-state index is 14.6. The Hall–Kier alpha value is -2.24. The molecule has 2 aliphatic heterocycles. The summed E-state index contributed by atoms with van der Waals surface area (Å²) in [6, 6.07) is 8.40. The highest BCUT2D eigenvalue weighted by Crippen LogP contribution is 2.26. The van der Waals surface area contributed by atoms with E-state index in [1.165, 1.54) is 24.3 Å². The summed E-state index contributed by atoms with van der Waals surface area (Å²) in [5.74, 6) is -1.05. The second kappa shape index (κ2) is 10.4. The Balaban J connectivity index is 1.46. The highest BCUT2D eigenvalue weighted by molar-refractivity contribution is 7.89. The lowest BCUT2D eigenvalue weighted by Crippen LogP contribution is -2.36. The normalized spacial score (nSPS) is 19.0. The number of hydrogen-bond acceptors (Lipinski definition) is 6. The molecule has 0 spiro atoms. The molecule has 2 fully saturated rings. The summed E-state index contributed by atoms with van der Waals surface area (Å²) in [6.07, 6.45) is 1.48. The van der Waals surface area contributed by atoms with Crippen molar-refractivity contribution in [3.63, 3.8) is 0 Å². The third kappa shape index (κ3) is 5.82. The third-order valence-electron chi connectivity index (χ3n) is 5.57. The zero-order chi connectivity index (χ0) is 23.4. The van der Waals surface area contributed by atoms with E-state index in [1.54, 1.807) is 12.1 Å². The molecule has 0 aromatic heterocycles. The van der Waals surface area contributed by atoms with Gasteiger partial charge in [-0.2, -0.15) is 0 Å². The highest BCUT2D eigenvalue weighted by Gasteiger charge is 2.24. The monoisotopic (exact) mass is 497 g/mol. The largest absolute Gasteiger partial charge is 0.378 e. The number of nitrogens with one attached hydrogen (secondary N) is 2. The van der Waals surface area contributed by atoms with Crippen LogP contribution in [0.2, 0.25) is 5.02 Å². The number of nitrogens with zero attached hydrogens (tertiary/aromatic N) is 1. The fraction of sp³-hybridized carbons (Fsp3) is 0.409. The third-order valence-corrected chi connectivity index (χ3v) is 7.47. The number of carbonyl (C=O) groups is 1.